The van der Waals surface area contributed by atoms with E-state index < -0.39 is 0 Å². The van der Waals surface area contributed by atoms with Crippen LogP contribution in [0.2, 0.25) is 0 Å². The molecule has 0 bridgehead atoms. The summed E-state index contributed by atoms with van der Waals surface area (Å²) >= 11 is 0. The van der Waals surface area contributed by atoms with Crippen molar-refractivity contribution in [3.63, 3.8) is 0 Å². The van der Waals surface area contributed by atoms with Crippen LogP contribution >= 0.6 is 0 Å². The van der Waals surface area contributed by atoms with E-state index in [4.69, 9.17) is 0 Å². The van der Waals surface area contributed by atoms with E-state index in [2.05, 4.69) is 32.9 Å². The molecule has 0 aromatic heterocycles. The maximum absolute atomic E-state index is 3.88. The van der Waals surface area contributed by atoms with Crippen LogP contribution < -0.4 is 0 Å². The maximum Gasteiger partial charge on any atom is -0.0190 e. The summed E-state index contributed by atoms with van der Waals surface area (Å²) in [5, 5.41) is 0. The lowest BCUT2D eigenvalue weighted by atomic mass is 10.0. The van der Waals surface area contributed by atoms with E-state index in [0.717, 1.165) is 22.3 Å². The van der Waals surface area contributed by atoms with E-state index in [1.165, 1.54) is 0 Å². The molecule has 0 aromatic rings. The van der Waals surface area contributed by atoms with Crippen molar-refractivity contribution in [2.45, 2.75) is 48.5 Å². The molecular formula is C21H36. The first kappa shape index (κ1) is 27.5. The predicted octanol–water partition coefficient (Wildman–Crippen LogP) is 7.61. The van der Waals surface area contributed by atoms with Gasteiger partial charge in [0, 0.05) is 0 Å². The molecule has 0 heteroatoms. The van der Waals surface area contributed by atoms with E-state index in [1.807, 2.05) is 54.5 Å². The van der Waals surface area contributed by atoms with Gasteiger partial charge >= 0.3 is 0 Å². The Kier molecular flexibility index (Phi) is 30.5. The zero-order valence-corrected chi connectivity index (χ0v) is 15.4. The molecule has 0 N–H and O–H groups in total. The first-order chi connectivity index (χ1) is 10.1. The molecule has 0 aromatic carbocycles. The Morgan fingerprint density at radius 3 is 1.33 bits per heavy atom. The van der Waals surface area contributed by atoms with Gasteiger partial charge in [-0.1, -0.05) is 98.7 Å². The third-order valence-electron chi connectivity index (χ3n) is 2.13. The molecule has 0 radical (unpaired) electrons. The molecule has 0 nitrogen and oxygen atoms in total. The molecule has 0 aliphatic carbocycles. The second-order valence-corrected chi connectivity index (χ2v) is 3.08. The third kappa shape index (κ3) is 14.4. The van der Waals surface area contributed by atoms with Crippen molar-refractivity contribution in [3.05, 3.63) is 85.6 Å². The van der Waals surface area contributed by atoms with Gasteiger partial charge in [-0.2, -0.15) is 0 Å². The van der Waals surface area contributed by atoms with Gasteiger partial charge in [-0.05, 0) is 35.3 Å². The van der Waals surface area contributed by atoms with Crippen LogP contribution in [0, 0.1) is 0 Å². The zero-order valence-electron chi connectivity index (χ0n) is 15.4. The smallest absolute Gasteiger partial charge is 0.0190 e. The fourth-order valence-electron chi connectivity index (χ4n) is 1.02. The fraction of sp³-hybridized carbons (Fsp3) is 0.333. The largest absolute Gasteiger partial charge is 0.0988 e. The summed E-state index contributed by atoms with van der Waals surface area (Å²) in [7, 11) is 0. The van der Waals surface area contributed by atoms with Gasteiger partial charge in [-0.15, -0.1) is 0 Å². The summed E-state index contributed by atoms with van der Waals surface area (Å²) in [6.07, 6.45) is 9.02. The molecule has 0 aliphatic heterocycles. The van der Waals surface area contributed by atoms with E-state index >= 15 is 0 Å². The standard InChI is InChI=1S/C15H18.3C2H6/c1-7-12(5)14(9-3)11-15(10-4)13(6)8-2;3*1-2/h7-11H,1-5H2,6H3;3*1-2H3/b14-11-,15-13+;;;. The van der Waals surface area contributed by atoms with Crippen molar-refractivity contribution in [2.24, 2.45) is 0 Å². The monoisotopic (exact) mass is 288 g/mol. The minimum absolute atomic E-state index is 0.848. The number of allylic oxidation sites excluding steroid dienone is 9. The van der Waals surface area contributed by atoms with Crippen molar-refractivity contribution in [1.29, 1.82) is 0 Å². The predicted molar refractivity (Wildman–Crippen MR) is 105 cm³/mol. The Morgan fingerprint density at radius 1 is 0.667 bits per heavy atom. The molecule has 0 saturated carbocycles. The molecule has 0 atom stereocenters. The lowest BCUT2D eigenvalue weighted by Gasteiger charge is -2.04. The first-order valence-corrected chi connectivity index (χ1v) is 7.72. The van der Waals surface area contributed by atoms with Crippen LogP contribution in [0.5, 0.6) is 0 Å². The van der Waals surface area contributed by atoms with E-state index in [-0.39, 0.29) is 0 Å². The minimum Gasteiger partial charge on any atom is -0.0988 e. The second-order valence-electron chi connectivity index (χ2n) is 3.08. The second kappa shape index (κ2) is 23.3. The van der Waals surface area contributed by atoms with E-state index in [0.29, 0.717) is 0 Å². The van der Waals surface area contributed by atoms with Crippen LogP contribution in [0.25, 0.3) is 0 Å². The van der Waals surface area contributed by atoms with Gasteiger partial charge in [-0.25, -0.2) is 0 Å². The Hall–Kier alpha value is -1.82. The molecule has 0 amide bonds. The highest BCUT2D eigenvalue weighted by molar-refractivity contribution is 5.51. The molecule has 120 valence electrons. The first-order valence-electron chi connectivity index (χ1n) is 7.72. The van der Waals surface area contributed by atoms with Crippen LogP contribution in [-0.2, 0) is 0 Å². The Bertz CT molecular complexity index is 359. The molecule has 0 aliphatic rings. The molecule has 0 unspecified atom stereocenters. The van der Waals surface area contributed by atoms with Gasteiger partial charge < -0.3 is 0 Å². The van der Waals surface area contributed by atoms with Crippen molar-refractivity contribution in [1.82, 2.24) is 0 Å². The number of hydrogen-bond donors (Lipinski definition) is 0. The maximum atomic E-state index is 3.88. The van der Waals surface area contributed by atoms with Gasteiger partial charge in [0.05, 0.1) is 0 Å². The highest BCUT2D eigenvalue weighted by Gasteiger charge is 1.97. The number of rotatable bonds is 6. The van der Waals surface area contributed by atoms with Crippen molar-refractivity contribution in [2.75, 3.05) is 0 Å². The zero-order chi connectivity index (χ0) is 17.8. The van der Waals surface area contributed by atoms with E-state index in [1.54, 1.807) is 24.3 Å². The average Bonchev–Trinajstić information content (AvgIpc) is 2.60. The summed E-state index contributed by atoms with van der Waals surface area (Å²) in [6, 6.07) is 0. The lowest BCUT2D eigenvalue weighted by molar-refractivity contribution is 1.43. The van der Waals surface area contributed by atoms with Gasteiger partial charge in [0.2, 0.25) is 0 Å². The average molecular weight is 289 g/mol. The summed E-state index contributed by atoms with van der Waals surface area (Å²) in [5.41, 5.74) is 3.88. The molecule has 0 spiro atoms. The molecule has 0 fully saturated rings. The van der Waals surface area contributed by atoms with Crippen molar-refractivity contribution in [3.8, 4) is 0 Å². The van der Waals surface area contributed by atoms with Gasteiger partial charge in [0.1, 0.15) is 0 Å². The van der Waals surface area contributed by atoms with Gasteiger partial charge in [0.15, 0.2) is 0 Å². The highest BCUT2D eigenvalue weighted by atomic mass is 14.0. The Balaban J connectivity index is -0.000000212. The normalized spacial score (nSPS) is 9.76. The van der Waals surface area contributed by atoms with Crippen molar-refractivity contribution < 1.29 is 0 Å². The fourth-order valence-corrected chi connectivity index (χ4v) is 1.02. The lowest BCUT2D eigenvalue weighted by Crippen LogP contribution is -1.84. The SMILES string of the molecule is C=CC(=C)/C(C=C)=C\C(C=C)=C(/C)C=C.CC.CC.CC. The van der Waals surface area contributed by atoms with Crippen molar-refractivity contribution >= 4 is 0 Å². The van der Waals surface area contributed by atoms with Gasteiger partial charge in [-0.3, -0.25) is 0 Å². The molecule has 21 heavy (non-hydrogen) atoms. The summed E-state index contributed by atoms with van der Waals surface area (Å²) < 4.78 is 0. The van der Waals surface area contributed by atoms with Crippen LogP contribution in [0.1, 0.15) is 48.5 Å². The van der Waals surface area contributed by atoms with Crippen LogP contribution in [-0.4, -0.2) is 0 Å². The highest BCUT2D eigenvalue weighted by Crippen LogP contribution is 2.16. The van der Waals surface area contributed by atoms with Crippen LogP contribution in [0.4, 0.5) is 0 Å². The Labute approximate surface area is 134 Å². The molecule has 0 saturated heterocycles. The van der Waals surface area contributed by atoms with Crippen LogP contribution in [0.15, 0.2) is 85.6 Å². The molecule has 0 rings (SSSR count). The summed E-state index contributed by atoms with van der Waals surface area (Å²) in [6.45, 7) is 32.8. The number of hydrogen-bond acceptors (Lipinski definition) is 0. The van der Waals surface area contributed by atoms with E-state index in [9.17, 15) is 0 Å². The quantitative estimate of drug-likeness (QED) is 0.441. The van der Waals surface area contributed by atoms with Crippen LogP contribution in [0.3, 0.4) is 0 Å². The Morgan fingerprint density at radius 2 is 1.10 bits per heavy atom. The topological polar surface area (TPSA) is 0 Å². The summed E-state index contributed by atoms with van der Waals surface area (Å²) in [5.74, 6) is 0. The third-order valence-corrected chi connectivity index (χ3v) is 2.13. The van der Waals surface area contributed by atoms with Gasteiger partial charge in [0.25, 0.3) is 0 Å². The molecule has 0 heterocycles. The minimum atomic E-state index is 0.848. The molecular weight excluding hydrogens is 252 g/mol. The summed E-state index contributed by atoms with van der Waals surface area (Å²) in [4.78, 5) is 0.